The third kappa shape index (κ3) is 11.5. The number of nitrogens with zero attached hydrogens (tertiary/aromatic N) is 11. The third-order valence-electron chi connectivity index (χ3n) is 21.2. The molecule has 6 heterocycles. The predicted octanol–water partition coefficient (Wildman–Crippen LogP) is 24.5. The summed E-state index contributed by atoms with van der Waals surface area (Å²) in [6, 6.07) is 134. The molecule has 0 saturated carbocycles. The molecule has 11 heteroatoms. The molecule has 0 saturated heterocycles. The lowest BCUT2D eigenvalue weighted by atomic mass is 9.92. The van der Waals surface area contributed by atoms with Crippen molar-refractivity contribution in [2.45, 2.75) is 0 Å². The number of para-hydroxylation sites is 4. The summed E-state index contributed by atoms with van der Waals surface area (Å²) in [5.74, 6) is 3.92. The zero-order chi connectivity index (χ0) is 73.3. The van der Waals surface area contributed by atoms with Gasteiger partial charge in [-0.3, -0.25) is 0 Å². The normalized spacial score (nSPS) is 11.6. The van der Waals surface area contributed by atoms with Gasteiger partial charge >= 0.3 is 0 Å². The third-order valence-corrected chi connectivity index (χ3v) is 21.2. The molecule has 21 rings (SSSR count). The van der Waals surface area contributed by atoms with Crippen LogP contribution in [0.5, 0.6) is 0 Å². The monoisotopic (exact) mass is 1420 g/mol. The summed E-state index contributed by atoms with van der Waals surface area (Å²) in [7, 11) is 0. The zero-order valence-electron chi connectivity index (χ0n) is 59.8. The molecule has 518 valence electrons. The number of fused-ring (bicyclic) bond motifs is 9. The first-order chi connectivity index (χ1) is 55.0. The first kappa shape index (κ1) is 64.2. The lowest BCUT2D eigenvalue weighted by Gasteiger charge is -2.22. The average molecular weight is 1420 g/mol. The molecule has 0 radical (unpaired) electrons. The molecule has 111 heavy (non-hydrogen) atoms. The smallest absolute Gasteiger partial charge is 0.164 e. The van der Waals surface area contributed by atoms with Crippen LogP contribution < -0.4 is 0 Å². The van der Waals surface area contributed by atoms with Crippen LogP contribution in [0, 0.1) is 0 Å². The lowest BCUT2D eigenvalue weighted by Crippen LogP contribution is -2.04. The van der Waals surface area contributed by atoms with E-state index in [1.807, 2.05) is 133 Å². The van der Waals surface area contributed by atoms with Crippen molar-refractivity contribution >= 4 is 65.4 Å². The Labute approximate surface area is 638 Å². The molecule has 0 aliphatic rings. The second-order valence-electron chi connectivity index (χ2n) is 27.8. The Hall–Kier alpha value is -15.2. The minimum Gasteiger partial charge on any atom is -0.309 e. The number of hydrogen-bond donors (Lipinski definition) is 0. The highest BCUT2D eigenvalue weighted by atomic mass is 15.1. The Morgan fingerprint density at radius 1 is 0.153 bits per heavy atom. The molecular formula is C100H63N11. The molecule has 0 aliphatic carbocycles. The van der Waals surface area contributed by atoms with Crippen LogP contribution >= 0.6 is 0 Å². The highest BCUT2D eigenvalue weighted by Gasteiger charge is 2.27. The highest BCUT2D eigenvalue weighted by Crippen LogP contribution is 2.47. The van der Waals surface area contributed by atoms with Crippen molar-refractivity contribution in [3.05, 3.63) is 382 Å². The Kier molecular flexibility index (Phi) is 15.6. The summed E-state index contributed by atoms with van der Waals surface area (Å²) in [5.41, 5.74) is 22.8. The van der Waals surface area contributed by atoms with Crippen LogP contribution in [0.25, 0.3) is 207 Å². The van der Waals surface area contributed by atoms with E-state index in [0.717, 1.165) is 145 Å². The molecule has 0 amide bonds. The van der Waals surface area contributed by atoms with Gasteiger partial charge in [-0.1, -0.05) is 279 Å². The van der Waals surface area contributed by atoms with Crippen molar-refractivity contribution in [3.8, 4) is 142 Å². The van der Waals surface area contributed by atoms with Crippen LogP contribution in [0.3, 0.4) is 0 Å². The Morgan fingerprint density at radius 2 is 0.405 bits per heavy atom. The van der Waals surface area contributed by atoms with Gasteiger partial charge in [-0.25, -0.2) is 39.9 Å². The van der Waals surface area contributed by atoms with Crippen LogP contribution in [0.1, 0.15) is 0 Å². The molecule has 0 bridgehead atoms. The molecule has 0 atom stereocenters. The van der Waals surface area contributed by atoms with Crippen LogP contribution in [-0.2, 0) is 0 Å². The minimum absolute atomic E-state index is 0.532. The predicted molar refractivity (Wildman–Crippen MR) is 452 cm³/mol. The van der Waals surface area contributed by atoms with E-state index in [4.69, 9.17) is 39.9 Å². The van der Waals surface area contributed by atoms with Gasteiger partial charge in [0.1, 0.15) is 0 Å². The summed E-state index contributed by atoms with van der Waals surface area (Å²) in [5, 5.41) is 6.67. The quantitative estimate of drug-likeness (QED) is 0.106. The number of benzene rings is 15. The van der Waals surface area contributed by atoms with Crippen molar-refractivity contribution < 1.29 is 0 Å². The van der Waals surface area contributed by atoms with E-state index in [2.05, 4.69) is 262 Å². The SMILES string of the molecule is c1ccc(-c2cc(-c3ccccc3)nc(-c3cc(-c4ccc(-n5c6ccccc6c6ccccc65)cc4)c(-n4c5ccc(-c6nc(-c7ccccc7)nc(-c7ccccc7)n6)cc5c5cc(-c6nc(-c7ccccc7)nc(-c7ccccc7)n6)ccc54)c(-c4ccc(-n5c6ccccc6c6ccccc65)cc4)c3)n2)cc1. The zero-order valence-corrected chi connectivity index (χ0v) is 59.8. The van der Waals surface area contributed by atoms with E-state index in [0.29, 0.717) is 40.8 Å². The first-order valence-electron chi connectivity index (χ1n) is 37.2. The van der Waals surface area contributed by atoms with Crippen molar-refractivity contribution in [2.24, 2.45) is 0 Å². The van der Waals surface area contributed by atoms with Crippen molar-refractivity contribution in [1.82, 2.24) is 53.6 Å². The molecule has 0 fully saturated rings. The Balaban J connectivity index is 0.867. The van der Waals surface area contributed by atoms with Crippen LogP contribution in [-0.4, -0.2) is 53.6 Å². The number of rotatable bonds is 14. The van der Waals surface area contributed by atoms with Gasteiger partial charge in [0.05, 0.1) is 50.2 Å². The summed E-state index contributed by atoms with van der Waals surface area (Å²) in [6.07, 6.45) is 0. The van der Waals surface area contributed by atoms with E-state index in [-0.39, 0.29) is 0 Å². The van der Waals surface area contributed by atoms with Crippen LogP contribution in [0.2, 0.25) is 0 Å². The van der Waals surface area contributed by atoms with E-state index in [1.54, 1.807) is 0 Å². The van der Waals surface area contributed by atoms with Gasteiger partial charge < -0.3 is 13.7 Å². The Bertz CT molecular complexity index is 6500. The molecule has 0 spiro atoms. The first-order valence-corrected chi connectivity index (χ1v) is 37.2. The van der Waals surface area contributed by atoms with Gasteiger partial charge in [-0.05, 0) is 114 Å². The van der Waals surface area contributed by atoms with Gasteiger partial charge in [0.15, 0.2) is 40.8 Å². The van der Waals surface area contributed by atoms with Gasteiger partial charge in [-0.2, -0.15) is 0 Å². The summed E-state index contributed by atoms with van der Waals surface area (Å²) >= 11 is 0. The maximum Gasteiger partial charge on any atom is 0.164 e. The number of hydrogen-bond acceptors (Lipinski definition) is 8. The fourth-order valence-electron chi connectivity index (χ4n) is 15.9. The van der Waals surface area contributed by atoms with E-state index >= 15 is 0 Å². The molecule has 15 aromatic carbocycles. The van der Waals surface area contributed by atoms with Crippen molar-refractivity contribution in [1.29, 1.82) is 0 Å². The average Bonchev–Trinajstić information content (AvgIpc) is 1.68. The molecule has 0 N–H and O–H groups in total. The van der Waals surface area contributed by atoms with E-state index in [1.165, 1.54) is 21.5 Å². The summed E-state index contributed by atoms with van der Waals surface area (Å²) in [4.78, 5) is 42.8. The maximum atomic E-state index is 5.59. The van der Waals surface area contributed by atoms with Crippen LogP contribution in [0.4, 0.5) is 0 Å². The number of aromatic nitrogens is 11. The second-order valence-corrected chi connectivity index (χ2v) is 27.8. The van der Waals surface area contributed by atoms with Gasteiger partial charge in [-0.15, -0.1) is 0 Å². The second kappa shape index (κ2) is 27.0. The van der Waals surface area contributed by atoms with Gasteiger partial charge in [0.25, 0.3) is 0 Å². The molecular weight excluding hydrogens is 1360 g/mol. The topological polar surface area (TPSA) is 118 Å². The largest absolute Gasteiger partial charge is 0.309 e. The lowest BCUT2D eigenvalue weighted by molar-refractivity contribution is 1.07. The molecule has 0 unspecified atom stereocenters. The summed E-state index contributed by atoms with van der Waals surface area (Å²) < 4.78 is 7.21. The van der Waals surface area contributed by atoms with Crippen molar-refractivity contribution in [3.63, 3.8) is 0 Å². The molecule has 6 aromatic heterocycles. The maximum absolute atomic E-state index is 5.59. The fraction of sp³-hybridized carbons (Fsp3) is 0. The molecule has 21 aromatic rings. The molecule has 0 aliphatic heterocycles. The minimum atomic E-state index is 0.532. The van der Waals surface area contributed by atoms with E-state index < -0.39 is 0 Å². The van der Waals surface area contributed by atoms with Crippen LogP contribution in [0.15, 0.2) is 382 Å². The fourth-order valence-corrected chi connectivity index (χ4v) is 15.9. The van der Waals surface area contributed by atoms with Crippen molar-refractivity contribution in [2.75, 3.05) is 0 Å². The standard InChI is InChI=1S/C100H63N11/c1-7-27-66(28-8-1)85-63-86(67-29-9-2-10-30-67)102-100(101-85)74-61-81(64-47-53-75(54-48-64)109-87-43-23-19-39-77(87)78-40-20-24-44-88(78)109)93(82(62-74)65-49-55-76(56-50-65)110-89-45-25-21-41-79(89)80-42-22-26-46-90(80)110)111-91-57-51-72(98-105-94(68-31-11-3-12-32-68)103-95(106-98)69-33-13-4-14-34-69)59-83(91)84-60-73(52-58-92(84)111)99-107-96(70-35-15-5-16-36-70)104-97(108-99)71-37-17-6-18-38-71/h1-63H. The van der Waals surface area contributed by atoms with E-state index in [9.17, 15) is 0 Å². The summed E-state index contributed by atoms with van der Waals surface area (Å²) in [6.45, 7) is 0. The van der Waals surface area contributed by atoms with Gasteiger partial charge in [0.2, 0.25) is 0 Å². The van der Waals surface area contributed by atoms with Gasteiger partial charge in [0, 0.05) is 105 Å². The highest BCUT2D eigenvalue weighted by molar-refractivity contribution is 6.14. The molecule has 11 nitrogen and oxygen atoms in total. The Morgan fingerprint density at radius 3 is 0.721 bits per heavy atom.